The predicted molar refractivity (Wildman–Crippen MR) is 63.1 cm³/mol. The lowest BCUT2D eigenvalue weighted by atomic mass is 10.1. The average molecular weight is 206 g/mol. The minimum absolute atomic E-state index is 0.283. The van der Waals surface area contributed by atoms with Crippen molar-refractivity contribution in [2.24, 2.45) is 0 Å². The van der Waals surface area contributed by atoms with Crippen LogP contribution in [0.4, 0.5) is 11.4 Å². The molecule has 2 rings (SSSR count). The fraction of sp³-hybridized carbons (Fsp3) is 0.500. The van der Waals surface area contributed by atoms with Crippen molar-refractivity contribution in [3.05, 3.63) is 23.8 Å². The van der Waals surface area contributed by atoms with Crippen molar-refractivity contribution < 1.29 is 5.11 Å². The Morgan fingerprint density at radius 1 is 1.33 bits per heavy atom. The number of aliphatic hydroxyl groups is 1. The molecule has 0 fully saturated rings. The predicted octanol–water partition coefficient (Wildman–Crippen LogP) is 1.40. The first kappa shape index (κ1) is 10.3. The SMILES string of the molecule is Nc1cccc2c1N(CCCCO)CC2. The van der Waals surface area contributed by atoms with Crippen molar-refractivity contribution >= 4 is 11.4 Å². The maximum Gasteiger partial charge on any atom is 0.0633 e. The molecule has 3 nitrogen and oxygen atoms in total. The second-order valence-electron chi connectivity index (χ2n) is 4.02. The summed E-state index contributed by atoms with van der Waals surface area (Å²) in [5, 5.41) is 8.75. The topological polar surface area (TPSA) is 49.5 Å². The molecular formula is C12H18N2O. The fourth-order valence-electron chi connectivity index (χ4n) is 2.20. The number of hydrogen-bond donors (Lipinski definition) is 2. The summed E-state index contributed by atoms with van der Waals surface area (Å²) in [6, 6.07) is 6.13. The Bertz CT molecular complexity index is 338. The molecule has 0 amide bonds. The Balaban J connectivity index is 2.07. The highest BCUT2D eigenvalue weighted by atomic mass is 16.2. The first-order chi connectivity index (χ1) is 7.33. The third-order valence-corrected chi connectivity index (χ3v) is 2.95. The van der Waals surface area contributed by atoms with Crippen LogP contribution in [-0.2, 0) is 6.42 Å². The molecule has 1 aliphatic heterocycles. The van der Waals surface area contributed by atoms with Crippen LogP contribution in [0.3, 0.4) is 0 Å². The summed E-state index contributed by atoms with van der Waals surface area (Å²) in [6.45, 7) is 2.35. The van der Waals surface area contributed by atoms with Crippen molar-refractivity contribution in [2.75, 3.05) is 30.3 Å². The molecule has 0 atom stereocenters. The zero-order valence-electron chi connectivity index (χ0n) is 8.95. The summed E-state index contributed by atoms with van der Waals surface area (Å²) in [4.78, 5) is 2.33. The van der Waals surface area contributed by atoms with Gasteiger partial charge in [-0.2, -0.15) is 0 Å². The van der Waals surface area contributed by atoms with Gasteiger partial charge in [-0.05, 0) is 30.9 Å². The molecule has 0 radical (unpaired) electrons. The van der Waals surface area contributed by atoms with Gasteiger partial charge in [0.1, 0.15) is 0 Å². The van der Waals surface area contributed by atoms with E-state index in [1.807, 2.05) is 12.1 Å². The van der Waals surface area contributed by atoms with Gasteiger partial charge in [0.2, 0.25) is 0 Å². The van der Waals surface area contributed by atoms with E-state index in [4.69, 9.17) is 10.8 Å². The van der Waals surface area contributed by atoms with Gasteiger partial charge in [0.05, 0.1) is 11.4 Å². The van der Waals surface area contributed by atoms with E-state index in [0.29, 0.717) is 0 Å². The molecule has 1 aliphatic rings. The van der Waals surface area contributed by atoms with E-state index in [1.165, 1.54) is 11.3 Å². The minimum atomic E-state index is 0.283. The Morgan fingerprint density at radius 3 is 3.00 bits per heavy atom. The Labute approximate surface area is 90.5 Å². The lowest BCUT2D eigenvalue weighted by Crippen LogP contribution is -2.22. The highest BCUT2D eigenvalue weighted by molar-refractivity contribution is 5.74. The van der Waals surface area contributed by atoms with E-state index in [1.54, 1.807) is 0 Å². The van der Waals surface area contributed by atoms with Crippen LogP contribution in [0.15, 0.2) is 18.2 Å². The number of anilines is 2. The number of unbranched alkanes of at least 4 members (excludes halogenated alkanes) is 1. The molecular weight excluding hydrogens is 188 g/mol. The first-order valence-electron chi connectivity index (χ1n) is 5.56. The number of nitrogens with two attached hydrogens (primary N) is 1. The van der Waals surface area contributed by atoms with Crippen molar-refractivity contribution in [1.82, 2.24) is 0 Å². The highest BCUT2D eigenvalue weighted by Crippen LogP contribution is 2.33. The number of fused-ring (bicyclic) bond motifs is 1. The van der Waals surface area contributed by atoms with Crippen LogP contribution < -0.4 is 10.6 Å². The number of nitrogen functional groups attached to an aromatic ring is 1. The van der Waals surface area contributed by atoms with Crippen molar-refractivity contribution in [3.63, 3.8) is 0 Å². The molecule has 1 heterocycles. The third kappa shape index (κ3) is 2.07. The molecule has 0 unspecified atom stereocenters. The molecule has 0 aromatic heterocycles. The number of rotatable bonds is 4. The van der Waals surface area contributed by atoms with E-state index in [0.717, 1.165) is 38.0 Å². The molecule has 1 aromatic carbocycles. The van der Waals surface area contributed by atoms with Crippen LogP contribution in [-0.4, -0.2) is 24.8 Å². The maximum atomic E-state index is 8.75. The van der Waals surface area contributed by atoms with Gasteiger partial charge < -0.3 is 15.7 Å². The van der Waals surface area contributed by atoms with Gasteiger partial charge in [-0.15, -0.1) is 0 Å². The normalized spacial score (nSPS) is 14.3. The lowest BCUT2D eigenvalue weighted by molar-refractivity contribution is 0.285. The molecule has 0 spiro atoms. The summed E-state index contributed by atoms with van der Waals surface area (Å²) in [5.74, 6) is 0. The Kier molecular flexibility index (Phi) is 3.11. The van der Waals surface area contributed by atoms with Gasteiger partial charge in [-0.3, -0.25) is 0 Å². The number of hydrogen-bond acceptors (Lipinski definition) is 3. The van der Waals surface area contributed by atoms with E-state index in [2.05, 4.69) is 11.0 Å². The second-order valence-corrected chi connectivity index (χ2v) is 4.02. The smallest absolute Gasteiger partial charge is 0.0633 e. The summed E-state index contributed by atoms with van der Waals surface area (Å²) in [6.07, 6.45) is 3.00. The van der Waals surface area contributed by atoms with E-state index in [9.17, 15) is 0 Å². The van der Waals surface area contributed by atoms with Crippen LogP contribution in [0.2, 0.25) is 0 Å². The van der Waals surface area contributed by atoms with Crippen LogP contribution in [0.25, 0.3) is 0 Å². The zero-order chi connectivity index (χ0) is 10.7. The van der Waals surface area contributed by atoms with Crippen LogP contribution in [0, 0.1) is 0 Å². The molecule has 82 valence electrons. The fourth-order valence-corrected chi connectivity index (χ4v) is 2.20. The van der Waals surface area contributed by atoms with Gasteiger partial charge in [-0.25, -0.2) is 0 Å². The molecule has 15 heavy (non-hydrogen) atoms. The van der Waals surface area contributed by atoms with Crippen molar-refractivity contribution in [3.8, 4) is 0 Å². The lowest BCUT2D eigenvalue weighted by Gasteiger charge is -2.20. The summed E-state index contributed by atoms with van der Waals surface area (Å²) >= 11 is 0. The van der Waals surface area contributed by atoms with Gasteiger partial charge in [0.25, 0.3) is 0 Å². The molecule has 0 saturated heterocycles. The maximum absolute atomic E-state index is 8.75. The zero-order valence-corrected chi connectivity index (χ0v) is 8.95. The number of aliphatic hydroxyl groups excluding tert-OH is 1. The molecule has 0 saturated carbocycles. The molecule has 1 aromatic rings. The Hall–Kier alpha value is -1.22. The van der Waals surface area contributed by atoms with Gasteiger partial charge >= 0.3 is 0 Å². The third-order valence-electron chi connectivity index (χ3n) is 2.95. The minimum Gasteiger partial charge on any atom is -0.397 e. The largest absolute Gasteiger partial charge is 0.397 e. The van der Waals surface area contributed by atoms with E-state index >= 15 is 0 Å². The van der Waals surface area contributed by atoms with Crippen LogP contribution in [0.1, 0.15) is 18.4 Å². The van der Waals surface area contributed by atoms with Crippen LogP contribution in [0.5, 0.6) is 0 Å². The van der Waals surface area contributed by atoms with Crippen LogP contribution >= 0.6 is 0 Å². The number of nitrogens with zero attached hydrogens (tertiary/aromatic N) is 1. The summed E-state index contributed by atoms with van der Waals surface area (Å²) < 4.78 is 0. The quantitative estimate of drug-likeness (QED) is 0.578. The van der Waals surface area contributed by atoms with Gasteiger partial charge in [0.15, 0.2) is 0 Å². The number of benzene rings is 1. The first-order valence-corrected chi connectivity index (χ1v) is 5.56. The average Bonchev–Trinajstić information content (AvgIpc) is 2.63. The summed E-state index contributed by atoms with van der Waals surface area (Å²) in [5.41, 5.74) is 9.44. The molecule has 3 heteroatoms. The number of para-hydroxylation sites is 1. The standard InChI is InChI=1S/C12H18N2O/c13-11-5-3-4-10-6-8-14(12(10)11)7-1-2-9-15/h3-5,15H,1-2,6-9,13H2. The molecule has 3 N–H and O–H groups in total. The van der Waals surface area contributed by atoms with Gasteiger partial charge in [0, 0.05) is 19.7 Å². The summed E-state index contributed by atoms with van der Waals surface area (Å²) in [7, 11) is 0. The molecule has 0 aliphatic carbocycles. The van der Waals surface area contributed by atoms with E-state index < -0.39 is 0 Å². The Morgan fingerprint density at radius 2 is 2.20 bits per heavy atom. The van der Waals surface area contributed by atoms with E-state index in [-0.39, 0.29) is 6.61 Å². The second kappa shape index (κ2) is 4.53. The van der Waals surface area contributed by atoms with Crippen molar-refractivity contribution in [1.29, 1.82) is 0 Å². The molecule has 0 bridgehead atoms. The van der Waals surface area contributed by atoms with Gasteiger partial charge in [-0.1, -0.05) is 12.1 Å². The monoisotopic (exact) mass is 206 g/mol. The van der Waals surface area contributed by atoms with Crippen molar-refractivity contribution in [2.45, 2.75) is 19.3 Å². The highest BCUT2D eigenvalue weighted by Gasteiger charge is 2.20.